The molecule has 0 spiro atoms. The third-order valence-corrected chi connectivity index (χ3v) is 7.48. The van der Waals surface area contributed by atoms with E-state index in [1.165, 1.54) is 18.2 Å². The highest BCUT2D eigenvalue weighted by Gasteiger charge is 2.42. The number of carbonyl (C=O) groups excluding carboxylic acids is 2. The standard InChI is InChI=1S/C19H23N3O4S2/c1-12(2)22-19(24)15-8-7-14(10-16(15)28(22,25)26)18(23)20-9-5-4-6-17-21-13(3)11-27-17/h7-8,10-12H,4-6,9H2,1-3H3,(H,20,23). The van der Waals surface area contributed by atoms with E-state index in [9.17, 15) is 18.0 Å². The Morgan fingerprint density at radius 3 is 2.68 bits per heavy atom. The summed E-state index contributed by atoms with van der Waals surface area (Å²) in [5.41, 5.74) is 1.37. The second kappa shape index (κ2) is 8.00. The number of nitrogens with zero attached hydrogens (tertiary/aromatic N) is 2. The molecule has 2 heterocycles. The average Bonchev–Trinajstić information content (AvgIpc) is 3.13. The van der Waals surface area contributed by atoms with Gasteiger partial charge < -0.3 is 5.32 Å². The molecule has 7 nitrogen and oxygen atoms in total. The highest BCUT2D eigenvalue weighted by molar-refractivity contribution is 7.90. The smallest absolute Gasteiger partial charge is 0.269 e. The van der Waals surface area contributed by atoms with Crippen molar-refractivity contribution in [1.82, 2.24) is 14.6 Å². The fourth-order valence-electron chi connectivity index (χ4n) is 3.12. The van der Waals surface area contributed by atoms with Gasteiger partial charge in [-0.3, -0.25) is 9.59 Å². The van der Waals surface area contributed by atoms with E-state index in [1.54, 1.807) is 25.2 Å². The Morgan fingerprint density at radius 2 is 2.04 bits per heavy atom. The van der Waals surface area contributed by atoms with Crippen LogP contribution in [0.3, 0.4) is 0 Å². The zero-order chi connectivity index (χ0) is 20.5. The van der Waals surface area contributed by atoms with Crippen molar-refractivity contribution in [2.45, 2.75) is 51.0 Å². The number of unbranched alkanes of at least 4 members (excludes halogenated alkanes) is 1. The zero-order valence-corrected chi connectivity index (χ0v) is 17.7. The number of fused-ring (bicyclic) bond motifs is 1. The zero-order valence-electron chi connectivity index (χ0n) is 16.1. The minimum atomic E-state index is -3.91. The Morgan fingerprint density at radius 1 is 1.29 bits per heavy atom. The number of aryl methyl sites for hydroxylation is 2. The molecule has 1 aliphatic rings. The minimum Gasteiger partial charge on any atom is -0.352 e. The van der Waals surface area contributed by atoms with Crippen LogP contribution in [0, 0.1) is 6.92 Å². The van der Waals surface area contributed by atoms with Crippen molar-refractivity contribution in [1.29, 1.82) is 0 Å². The number of benzene rings is 1. The van der Waals surface area contributed by atoms with Gasteiger partial charge in [0.25, 0.3) is 21.8 Å². The topological polar surface area (TPSA) is 96.4 Å². The molecule has 3 rings (SSSR count). The lowest BCUT2D eigenvalue weighted by molar-refractivity contribution is 0.0845. The molecule has 1 N–H and O–H groups in total. The largest absolute Gasteiger partial charge is 0.352 e. The van der Waals surface area contributed by atoms with Gasteiger partial charge in [-0.25, -0.2) is 17.7 Å². The van der Waals surface area contributed by atoms with Gasteiger partial charge in [-0.05, 0) is 58.2 Å². The summed E-state index contributed by atoms with van der Waals surface area (Å²) in [6, 6.07) is 3.71. The molecule has 0 aliphatic carbocycles. The number of aromatic nitrogens is 1. The lowest BCUT2D eigenvalue weighted by atomic mass is 10.1. The summed E-state index contributed by atoms with van der Waals surface area (Å²) in [7, 11) is -3.91. The van der Waals surface area contributed by atoms with Crippen LogP contribution in [0.15, 0.2) is 28.5 Å². The van der Waals surface area contributed by atoms with E-state index in [4.69, 9.17) is 0 Å². The molecule has 1 aromatic carbocycles. The van der Waals surface area contributed by atoms with Crippen molar-refractivity contribution in [2.24, 2.45) is 0 Å². The van der Waals surface area contributed by atoms with Crippen LogP contribution in [0.4, 0.5) is 0 Å². The first kappa shape index (κ1) is 20.5. The number of nitrogens with one attached hydrogen (secondary N) is 1. The van der Waals surface area contributed by atoms with Crippen molar-refractivity contribution < 1.29 is 18.0 Å². The third kappa shape index (κ3) is 3.95. The number of hydrogen-bond donors (Lipinski definition) is 1. The SMILES string of the molecule is Cc1csc(CCCCNC(=O)c2ccc3c(c2)S(=O)(=O)N(C(C)C)C3=O)n1. The van der Waals surface area contributed by atoms with Crippen LogP contribution in [0.5, 0.6) is 0 Å². The number of rotatable bonds is 7. The molecule has 150 valence electrons. The lowest BCUT2D eigenvalue weighted by Gasteiger charge is -2.18. The Hall–Kier alpha value is -2.26. The van der Waals surface area contributed by atoms with Gasteiger partial charge in [0, 0.05) is 29.2 Å². The number of hydrogen-bond acceptors (Lipinski definition) is 6. The molecule has 2 amide bonds. The van der Waals surface area contributed by atoms with Crippen LogP contribution < -0.4 is 5.32 Å². The summed E-state index contributed by atoms with van der Waals surface area (Å²) < 4.78 is 26.1. The predicted octanol–water partition coefficient (Wildman–Crippen LogP) is 2.76. The Bertz CT molecular complexity index is 1010. The second-order valence-electron chi connectivity index (χ2n) is 7.01. The van der Waals surface area contributed by atoms with Gasteiger partial charge in [0.2, 0.25) is 0 Å². The number of carbonyl (C=O) groups is 2. The summed E-state index contributed by atoms with van der Waals surface area (Å²) >= 11 is 1.64. The maximum absolute atomic E-state index is 12.6. The van der Waals surface area contributed by atoms with E-state index in [1.807, 2.05) is 12.3 Å². The normalized spacial score (nSPS) is 15.1. The molecule has 0 fully saturated rings. The van der Waals surface area contributed by atoms with E-state index in [0.29, 0.717) is 6.54 Å². The Balaban J connectivity index is 1.60. The molecular formula is C19H23N3O4S2. The average molecular weight is 422 g/mol. The van der Waals surface area contributed by atoms with Crippen LogP contribution >= 0.6 is 11.3 Å². The molecule has 0 atom stereocenters. The van der Waals surface area contributed by atoms with Gasteiger partial charge in [0.1, 0.15) is 4.90 Å². The molecule has 9 heteroatoms. The van der Waals surface area contributed by atoms with E-state index in [0.717, 1.165) is 34.3 Å². The van der Waals surface area contributed by atoms with Crippen molar-refractivity contribution in [3.05, 3.63) is 45.4 Å². The van der Waals surface area contributed by atoms with Crippen molar-refractivity contribution in [2.75, 3.05) is 6.54 Å². The van der Waals surface area contributed by atoms with E-state index >= 15 is 0 Å². The molecular weight excluding hydrogens is 398 g/mol. The van der Waals surface area contributed by atoms with Crippen LogP contribution in [-0.4, -0.2) is 42.1 Å². The minimum absolute atomic E-state index is 0.0991. The fraction of sp³-hybridized carbons (Fsp3) is 0.421. The van der Waals surface area contributed by atoms with E-state index < -0.39 is 22.0 Å². The quantitative estimate of drug-likeness (QED) is 0.694. The van der Waals surface area contributed by atoms with Gasteiger partial charge in [-0.2, -0.15) is 0 Å². The monoisotopic (exact) mass is 421 g/mol. The van der Waals surface area contributed by atoms with Gasteiger partial charge in [0.15, 0.2) is 0 Å². The van der Waals surface area contributed by atoms with Crippen molar-refractivity contribution >= 4 is 33.2 Å². The Kier molecular flexibility index (Phi) is 5.85. The maximum Gasteiger partial charge on any atom is 0.269 e. The fourth-order valence-corrected chi connectivity index (χ4v) is 5.73. The molecule has 28 heavy (non-hydrogen) atoms. The van der Waals surface area contributed by atoms with Crippen LogP contribution in [0.2, 0.25) is 0 Å². The molecule has 1 aromatic heterocycles. The van der Waals surface area contributed by atoms with E-state index in [-0.39, 0.29) is 21.9 Å². The summed E-state index contributed by atoms with van der Waals surface area (Å²) in [6.07, 6.45) is 2.58. The summed E-state index contributed by atoms with van der Waals surface area (Å²) in [4.78, 5) is 29.0. The van der Waals surface area contributed by atoms with Crippen LogP contribution in [0.1, 0.15) is 58.1 Å². The highest BCUT2D eigenvalue weighted by Crippen LogP contribution is 2.32. The molecule has 0 bridgehead atoms. The maximum atomic E-state index is 12.6. The second-order valence-corrected chi connectivity index (χ2v) is 9.73. The first-order valence-electron chi connectivity index (χ1n) is 9.14. The molecule has 1 aliphatic heterocycles. The summed E-state index contributed by atoms with van der Waals surface area (Å²) in [5.74, 6) is -0.895. The molecule has 0 saturated heterocycles. The molecule has 0 unspecified atom stereocenters. The van der Waals surface area contributed by atoms with Gasteiger partial charge in [0.05, 0.1) is 10.6 Å². The molecule has 0 radical (unpaired) electrons. The van der Waals surface area contributed by atoms with E-state index in [2.05, 4.69) is 10.3 Å². The third-order valence-electron chi connectivity index (χ3n) is 4.45. The lowest BCUT2D eigenvalue weighted by Crippen LogP contribution is -2.36. The molecule has 0 saturated carbocycles. The van der Waals surface area contributed by atoms with Crippen molar-refractivity contribution in [3.8, 4) is 0 Å². The predicted molar refractivity (Wildman–Crippen MR) is 107 cm³/mol. The Labute approximate surface area is 168 Å². The van der Waals surface area contributed by atoms with Crippen LogP contribution in [0.25, 0.3) is 0 Å². The number of amides is 2. The van der Waals surface area contributed by atoms with Gasteiger partial charge in [-0.15, -0.1) is 11.3 Å². The van der Waals surface area contributed by atoms with Crippen LogP contribution in [-0.2, 0) is 16.4 Å². The number of sulfonamides is 1. The van der Waals surface area contributed by atoms with Crippen molar-refractivity contribution in [3.63, 3.8) is 0 Å². The van der Waals surface area contributed by atoms with Gasteiger partial charge in [-0.1, -0.05) is 0 Å². The number of thiazole rings is 1. The van der Waals surface area contributed by atoms with Gasteiger partial charge >= 0.3 is 0 Å². The first-order valence-corrected chi connectivity index (χ1v) is 11.5. The molecule has 2 aromatic rings. The first-order chi connectivity index (χ1) is 13.2. The summed E-state index contributed by atoms with van der Waals surface area (Å²) in [5, 5.41) is 5.91. The summed E-state index contributed by atoms with van der Waals surface area (Å²) in [6.45, 7) is 5.74. The highest BCUT2D eigenvalue weighted by atomic mass is 32.2.